The number of benzene rings is 1. The number of hydrogen-bond donors (Lipinski definition) is 0. The van der Waals surface area contributed by atoms with Crippen LogP contribution in [0.3, 0.4) is 0 Å². The zero-order chi connectivity index (χ0) is 21.0. The molecule has 4 rings (SSSR count). The molecule has 1 aromatic rings. The van der Waals surface area contributed by atoms with Crippen molar-refractivity contribution < 1.29 is 9.59 Å². The van der Waals surface area contributed by atoms with E-state index in [1.54, 1.807) is 4.90 Å². The van der Waals surface area contributed by atoms with E-state index in [1.165, 1.54) is 16.8 Å². The van der Waals surface area contributed by atoms with Gasteiger partial charge in [0.05, 0.1) is 0 Å². The lowest BCUT2D eigenvalue weighted by Gasteiger charge is -2.39. The van der Waals surface area contributed by atoms with Gasteiger partial charge in [0.1, 0.15) is 0 Å². The average molecular weight is 398 g/mol. The van der Waals surface area contributed by atoms with Crippen molar-refractivity contribution in [3.05, 3.63) is 29.3 Å². The molecule has 1 saturated carbocycles. The van der Waals surface area contributed by atoms with Crippen LogP contribution in [0.25, 0.3) is 0 Å². The SMILES string of the molecule is Cc1cccc(N2CCN(C(=O)C(=O)N3CC4(C)CC3CC(C)(C)C4)CC2)c1C. The minimum Gasteiger partial charge on any atom is -0.368 e. The van der Waals surface area contributed by atoms with Gasteiger partial charge in [-0.1, -0.05) is 32.9 Å². The third kappa shape index (κ3) is 3.76. The lowest BCUT2D eigenvalue weighted by atomic mass is 9.65. The topological polar surface area (TPSA) is 43.9 Å². The van der Waals surface area contributed by atoms with Crippen molar-refractivity contribution in [1.82, 2.24) is 9.80 Å². The molecule has 0 aromatic heterocycles. The van der Waals surface area contributed by atoms with Crippen molar-refractivity contribution in [3.63, 3.8) is 0 Å². The lowest BCUT2D eigenvalue weighted by Crippen LogP contribution is -2.54. The van der Waals surface area contributed by atoms with E-state index in [4.69, 9.17) is 0 Å². The Kier molecular flexibility index (Phi) is 4.91. The summed E-state index contributed by atoms with van der Waals surface area (Å²) in [4.78, 5) is 32.1. The molecular weight excluding hydrogens is 362 g/mol. The molecule has 5 nitrogen and oxygen atoms in total. The molecule has 2 aliphatic heterocycles. The van der Waals surface area contributed by atoms with E-state index in [9.17, 15) is 9.59 Å². The minimum atomic E-state index is -0.306. The second-order valence-corrected chi connectivity index (χ2v) is 10.6. The molecule has 2 atom stereocenters. The van der Waals surface area contributed by atoms with E-state index in [0.29, 0.717) is 13.1 Å². The van der Waals surface area contributed by atoms with Crippen LogP contribution in [-0.4, -0.2) is 60.4 Å². The van der Waals surface area contributed by atoms with Gasteiger partial charge in [-0.05, 0) is 61.1 Å². The normalized spacial score (nSPS) is 28.6. The molecule has 5 heteroatoms. The van der Waals surface area contributed by atoms with Gasteiger partial charge in [-0.2, -0.15) is 0 Å². The van der Waals surface area contributed by atoms with E-state index >= 15 is 0 Å². The van der Waals surface area contributed by atoms with Crippen LogP contribution in [0.4, 0.5) is 5.69 Å². The Morgan fingerprint density at radius 2 is 1.66 bits per heavy atom. The van der Waals surface area contributed by atoms with Crippen LogP contribution in [0.15, 0.2) is 18.2 Å². The maximum absolute atomic E-state index is 13.1. The van der Waals surface area contributed by atoms with Gasteiger partial charge in [0.2, 0.25) is 0 Å². The first-order valence-corrected chi connectivity index (χ1v) is 11.0. The zero-order valence-corrected chi connectivity index (χ0v) is 18.6. The maximum atomic E-state index is 13.1. The quantitative estimate of drug-likeness (QED) is 0.683. The van der Waals surface area contributed by atoms with Gasteiger partial charge in [-0.15, -0.1) is 0 Å². The number of rotatable bonds is 1. The number of likely N-dealkylation sites (tertiary alicyclic amines) is 1. The fourth-order valence-electron chi connectivity index (χ4n) is 6.18. The molecule has 2 heterocycles. The first kappa shape index (κ1) is 20.2. The minimum absolute atomic E-state index is 0.156. The second-order valence-electron chi connectivity index (χ2n) is 10.6. The van der Waals surface area contributed by atoms with Gasteiger partial charge in [-0.3, -0.25) is 9.59 Å². The summed E-state index contributed by atoms with van der Waals surface area (Å²) < 4.78 is 0. The fraction of sp³-hybridized carbons (Fsp3) is 0.667. The highest BCUT2D eigenvalue weighted by molar-refractivity contribution is 6.35. The number of carbonyl (C=O) groups is 2. The van der Waals surface area contributed by atoms with Crippen LogP contribution >= 0.6 is 0 Å². The molecule has 1 aromatic carbocycles. The molecule has 3 aliphatic rings. The largest absolute Gasteiger partial charge is 0.368 e. The second kappa shape index (κ2) is 7.03. The van der Waals surface area contributed by atoms with E-state index in [0.717, 1.165) is 38.9 Å². The zero-order valence-electron chi connectivity index (χ0n) is 18.6. The summed E-state index contributed by atoms with van der Waals surface area (Å²) in [6.07, 6.45) is 3.17. The number of anilines is 1. The van der Waals surface area contributed by atoms with Crippen LogP contribution in [0, 0.1) is 24.7 Å². The van der Waals surface area contributed by atoms with Crippen molar-refractivity contribution in [2.45, 2.75) is 59.9 Å². The van der Waals surface area contributed by atoms with Crippen molar-refractivity contribution in [2.75, 3.05) is 37.6 Å². The number of fused-ring (bicyclic) bond motifs is 2. The average Bonchev–Trinajstić information content (AvgIpc) is 2.91. The van der Waals surface area contributed by atoms with Crippen LogP contribution in [0.5, 0.6) is 0 Å². The molecule has 3 fully saturated rings. The van der Waals surface area contributed by atoms with E-state index in [-0.39, 0.29) is 28.7 Å². The summed E-state index contributed by atoms with van der Waals surface area (Å²) >= 11 is 0. The van der Waals surface area contributed by atoms with Gasteiger partial charge in [0.15, 0.2) is 0 Å². The van der Waals surface area contributed by atoms with Crippen molar-refractivity contribution in [2.24, 2.45) is 10.8 Å². The highest BCUT2D eigenvalue weighted by Gasteiger charge is 2.52. The number of aryl methyl sites for hydroxylation is 1. The smallest absolute Gasteiger partial charge is 0.312 e. The Balaban J connectivity index is 1.40. The molecular formula is C24H35N3O2. The van der Waals surface area contributed by atoms with Crippen LogP contribution < -0.4 is 4.90 Å². The van der Waals surface area contributed by atoms with E-state index < -0.39 is 0 Å². The molecule has 0 radical (unpaired) electrons. The Morgan fingerprint density at radius 3 is 2.34 bits per heavy atom. The standard InChI is InChI=1S/C24H35N3O2/c1-17-7-6-8-20(18(17)2)25-9-11-26(12-10-25)21(28)22(29)27-16-24(5)14-19(27)13-23(3,4)15-24/h6-8,19H,9-16H2,1-5H3. The Bertz CT molecular complexity index is 825. The van der Waals surface area contributed by atoms with Gasteiger partial charge >= 0.3 is 11.8 Å². The third-order valence-electron chi connectivity index (χ3n) is 7.34. The van der Waals surface area contributed by atoms with Crippen LogP contribution in [0.1, 0.15) is 51.2 Å². The molecule has 0 N–H and O–H groups in total. The van der Waals surface area contributed by atoms with Crippen LogP contribution in [0.2, 0.25) is 0 Å². The first-order valence-electron chi connectivity index (χ1n) is 11.0. The maximum Gasteiger partial charge on any atom is 0.312 e. The number of carbonyl (C=O) groups excluding carboxylic acids is 2. The highest BCUT2D eigenvalue weighted by atomic mass is 16.2. The van der Waals surface area contributed by atoms with Crippen molar-refractivity contribution in [1.29, 1.82) is 0 Å². The summed E-state index contributed by atoms with van der Waals surface area (Å²) in [5.74, 6) is -0.587. The summed E-state index contributed by atoms with van der Waals surface area (Å²) in [6.45, 7) is 14.6. The predicted octanol–water partition coefficient (Wildman–Crippen LogP) is 3.38. The van der Waals surface area contributed by atoms with Gasteiger partial charge in [-0.25, -0.2) is 0 Å². The number of piperazine rings is 1. The Hall–Kier alpha value is -2.04. The summed E-state index contributed by atoms with van der Waals surface area (Å²) in [5, 5.41) is 0. The monoisotopic (exact) mass is 397 g/mol. The van der Waals surface area contributed by atoms with E-state index in [2.05, 4.69) is 57.7 Å². The van der Waals surface area contributed by atoms with Crippen molar-refractivity contribution in [3.8, 4) is 0 Å². The van der Waals surface area contributed by atoms with Gasteiger partial charge in [0, 0.05) is 44.5 Å². The summed E-state index contributed by atoms with van der Waals surface area (Å²) in [7, 11) is 0. The fourth-order valence-corrected chi connectivity index (χ4v) is 6.18. The summed E-state index contributed by atoms with van der Waals surface area (Å²) in [6, 6.07) is 6.59. The lowest BCUT2D eigenvalue weighted by molar-refractivity contribution is -0.152. The Morgan fingerprint density at radius 1 is 0.966 bits per heavy atom. The molecule has 158 valence electrons. The number of amides is 2. The molecule has 2 amide bonds. The molecule has 2 bridgehead atoms. The molecule has 2 unspecified atom stereocenters. The van der Waals surface area contributed by atoms with Crippen molar-refractivity contribution >= 4 is 17.5 Å². The van der Waals surface area contributed by atoms with E-state index in [1.807, 2.05) is 4.90 Å². The first-order chi connectivity index (χ1) is 13.6. The van der Waals surface area contributed by atoms with Gasteiger partial charge in [0.25, 0.3) is 0 Å². The third-order valence-corrected chi connectivity index (χ3v) is 7.34. The van der Waals surface area contributed by atoms with Crippen LogP contribution in [-0.2, 0) is 9.59 Å². The molecule has 1 aliphatic carbocycles. The highest BCUT2D eigenvalue weighted by Crippen LogP contribution is 2.52. The predicted molar refractivity (Wildman–Crippen MR) is 116 cm³/mol. The number of nitrogens with zero attached hydrogens (tertiary/aromatic N) is 3. The van der Waals surface area contributed by atoms with Gasteiger partial charge < -0.3 is 14.7 Å². The number of hydrogen-bond acceptors (Lipinski definition) is 3. The summed E-state index contributed by atoms with van der Waals surface area (Å²) in [5.41, 5.74) is 4.22. The molecule has 29 heavy (non-hydrogen) atoms. The Labute approximate surface area is 175 Å². The molecule has 2 saturated heterocycles. The molecule has 0 spiro atoms.